The van der Waals surface area contributed by atoms with Gasteiger partial charge in [-0.1, -0.05) is 26.0 Å². The van der Waals surface area contributed by atoms with E-state index in [9.17, 15) is 0 Å². The Hall–Kier alpha value is -1.06. The molecule has 0 saturated carbocycles. The van der Waals surface area contributed by atoms with E-state index in [-0.39, 0.29) is 0 Å². The van der Waals surface area contributed by atoms with Gasteiger partial charge in [0.15, 0.2) is 0 Å². The zero-order chi connectivity index (χ0) is 14.6. The molecule has 0 fully saturated rings. The van der Waals surface area contributed by atoms with E-state index in [4.69, 9.17) is 9.47 Å². The lowest BCUT2D eigenvalue weighted by Gasteiger charge is -2.10. The second-order valence-electron chi connectivity index (χ2n) is 5.29. The molecule has 0 bridgehead atoms. The normalized spacial score (nSPS) is 12.3. The largest absolute Gasteiger partial charge is 0.493 e. The first-order valence-corrected chi connectivity index (χ1v) is 7.81. The summed E-state index contributed by atoms with van der Waals surface area (Å²) in [6.07, 6.45) is 3.38. The van der Waals surface area contributed by atoms with Crippen LogP contribution in [-0.2, 0) is 4.74 Å². The molecule has 0 aromatic heterocycles. The standard InChI is InChI=1S/C17H29NO2/c1-4-15(2)16-7-9-17(10-8-16)20-14-6-12-18-11-5-13-19-3/h7-10,15,18H,4-6,11-14H2,1-3H3/p+1/t15-/m1/s1. The van der Waals surface area contributed by atoms with Crippen LogP contribution in [0.4, 0.5) is 0 Å². The number of quaternary nitrogens is 1. The van der Waals surface area contributed by atoms with Crippen molar-refractivity contribution < 1.29 is 14.8 Å². The number of methoxy groups -OCH3 is 1. The molecule has 2 N–H and O–H groups in total. The van der Waals surface area contributed by atoms with Gasteiger partial charge in [-0.2, -0.15) is 0 Å². The van der Waals surface area contributed by atoms with Gasteiger partial charge in [-0.25, -0.2) is 0 Å². The van der Waals surface area contributed by atoms with E-state index in [0.717, 1.165) is 44.9 Å². The number of nitrogens with two attached hydrogens (primary N) is 1. The van der Waals surface area contributed by atoms with E-state index < -0.39 is 0 Å². The second kappa shape index (κ2) is 10.7. The molecule has 0 aliphatic carbocycles. The minimum Gasteiger partial charge on any atom is -0.493 e. The van der Waals surface area contributed by atoms with E-state index in [0.29, 0.717) is 5.92 Å². The van der Waals surface area contributed by atoms with Crippen LogP contribution in [0.5, 0.6) is 5.75 Å². The van der Waals surface area contributed by atoms with Gasteiger partial charge in [0.25, 0.3) is 0 Å². The van der Waals surface area contributed by atoms with Crippen molar-refractivity contribution in [3.8, 4) is 5.75 Å². The maximum Gasteiger partial charge on any atom is 0.119 e. The Morgan fingerprint density at radius 1 is 1.05 bits per heavy atom. The number of hydrogen-bond donors (Lipinski definition) is 1. The summed E-state index contributed by atoms with van der Waals surface area (Å²) in [5, 5.41) is 2.33. The minimum absolute atomic E-state index is 0.630. The summed E-state index contributed by atoms with van der Waals surface area (Å²) in [7, 11) is 1.75. The topological polar surface area (TPSA) is 35.1 Å². The van der Waals surface area contributed by atoms with Crippen LogP contribution in [0.3, 0.4) is 0 Å². The van der Waals surface area contributed by atoms with Gasteiger partial charge in [0.1, 0.15) is 5.75 Å². The molecule has 0 unspecified atom stereocenters. The van der Waals surface area contributed by atoms with Crippen LogP contribution >= 0.6 is 0 Å². The zero-order valence-electron chi connectivity index (χ0n) is 13.2. The zero-order valence-corrected chi connectivity index (χ0v) is 13.2. The van der Waals surface area contributed by atoms with Crippen molar-refractivity contribution in [2.75, 3.05) is 33.4 Å². The molecular formula is C17H30NO2+. The van der Waals surface area contributed by atoms with Crippen LogP contribution in [-0.4, -0.2) is 33.4 Å². The highest BCUT2D eigenvalue weighted by Gasteiger charge is 2.02. The van der Waals surface area contributed by atoms with Gasteiger partial charge in [-0.3, -0.25) is 0 Å². The van der Waals surface area contributed by atoms with Gasteiger partial charge in [-0.05, 0) is 30.0 Å². The molecular weight excluding hydrogens is 250 g/mol. The number of rotatable bonds is 11. The Morgan fingerprint density at radius 2 is 1.70 bits per heavy atom. The van der Waals surface area contributed by atoms with Crippen LogP contribution < -0.4 is 10.1 Å². The van der Waals surface area contributed by atoms with Crippen molar-refractivity contribution in [2.45, 2.75) is 39.0 Å². The van der Waals surface area contributed by atoms with Crippen molar-refractivity contribution in [1.82, 2.24) is 0 Å². The first kappa shape index (κ1) is 17.0. The Morgan fingerprint density at radius 3 is 2.30 bits per heavy atom. The second-order valence-corrected chi connectivity index (χ2v) is 5.29. The van der Waals surface area contributed by atoms with Crippen molar-refractivity contribution >= 4 is 0 Å². The van der Waals surface area contributed by atoms with E-state index in [1.165, 1.54) is 12.0 Å². The molecule has 0 heterocycles. The Bertz CT molecular complexity index is 337. The predicted molar refractivity (Wildman–Crippen MR) is 83.4 cm³/mol. The van der Waals surface area contributed by atoms with Gasteiger partial charge < -0.3 is 14.8 Å². The van der Waals surface area contributed by atoms with E-state index in [1.807, 2.05) is 0 Å². The monoisotopic (exact) mass is 280 g/mol. The highest BCUT2D eigenvalue weighted by atomic mass is 16.5. The summed E-state index contributed by atoms with van der Waals surface area (Å²) in [5.41, 5.74) is 1.39. The van der Waals surface area contributed by atoms with Gasteiger partial charge >= 0.3 is 0 Å². The average Bonchev–Trinajstić information content (AvgIpc) is 2.50. The Labute approximate surface area is 123 Å². The molecule has 1 rings (SSSR count). The summed E-state index contributed by atoms with van der Waals surface area (Å²) >= 11 is 0. The predicted octanol–water partition coefficient (Wildman–Crippen LogP) is 2.57. The van der Waals surface area contributed by atoms with E-state index in [2.05, 4.69) is 43.4 Å². The van der Waals surface area contributed by atoms with Gasteiger partial charge in [-0.15, -0.1) is 0 Å². The molecule has 0 amide bonds. The fraction of sp³-hybridized carbons (Fsp3) is 0.647. The lowest BCUT2D eigenvalue weighted by Crippen LogP contribution is -2.84. The molecule has 0 aliphatic rings. The smallest absolute Gasteiger partial charge is 0.119 e. The van der Waals surface area contributed by atoms with Gasteiger partial charge in [0, 0.05) is 20.0 Å². The molecule has 1 aromatic rings. The third kappa shape index (κ3) is 6.92. The summed E-state index contributed by atoms with van der Waals surface area (Å²) in [6.45, 7) is 8.39. The molecule has 114 valence electrons. The molecule has 20 heavy (non-hydrogen) atoms. The minimum atomic E-state index is 0.630. The highest BCUT2D eigenvalue weighted by Crippen LogP contribution is 2.21. The molecule has 0 aliphatic heterocycles. The number of benzene rings is 1. The Kier molecular flexibility index (Phi) is 9.09. The van der Waals surface area contributed by atoms with Crippen LogP contribution in [0.25, 0.3) is 0 Å². The SMILES string of the molecule is CC[C@@H](C)c1ccc(OCCC[NH2+]CCCOC)cc1. The fourth-order valence-corrected chi connectivity index (χ4v) is 2.06. The molecule has 3 heteroatoms. The highest BCUT2D eigenvalue weighted by molar-refractivity contribution is 5.29. The Balaban J connectivity index is 2.10. The lowest BCUT2D eigenvalue weighted by atomic mass is 9.99. The summed E-state index contributed by atoms with van der Waals surface area (Å²) in [5.74, 6) is 1.61. The quantitative estimate of drug-likeness (QED) is 0.632. The number of ether oxygens (including phenoxy) is 2. The maximum atomic E-state index is 5.76. The van der Waals surface area contributed by atoms with E-state index in [1.54, 1.807) is 7.11 Å². The third-order valence-corrected chi connectivity index (χ3v) is 3.64. The van der Waals surface area contributed by atoms with Crippen molar-refractivity contribution in [1.29, 1.82) is 0 Å². The van der Waals surface area contributed by atoms with Crippen LogP contribution in [0, 0.1) is 0 Å². The van der Waals surface area contributed by atoms with Crippen molar-refractivity contribution in [2.24, 2.45) is 0 Å². The molecule has 0 saturated heterocycles. The lowest BCUT2D eigenvalue weighted by molar-refractivity contribution is -0.655. The summed E-state index contributed by atoms with van der Waals surface area (Å²) in [6, 6.07) is 8.54. The first-order chi connectivity index (χ1) is 9.77. The molecule has 1 atom stereocenters. The molecule has 0 spiro atoms. The molecule has 3 nitrogen and oxygen atoms in total. The summed E-state index contributed by atoms with van der Waals surface area (Å²) in [4.78, 5) is 0. The molecule has 1 aromatic carbocycles. The van der Waals surface area contributed by atoms with Crippen LogP contribution in [0.15, 0.2) is 24.3 Å². The van der Waals surface area contributed by atoms with Crippen LogP contribution in [0.2, 0.25) is 0 Å². The van der Waals surface area contributed by atoms with Crippen LogP contribution in [0.1, 0.15) is 44.6 Å². The van der Waals surface area contributed by atoms with Crippen molar-refractivity contribution in [3.63, 3.8) is 0 Å². The van der Waals surface area contributed by atoms with Gasteiger partial charge in [0.05, 0.1) is 26.3 Å². The molecule has 0 radical (unpaired) electrons. The van der Waals surface area contributed by atoms with Gasteiger partial charge in [0.2, 0.25) is 0 Å². The summed E-state index contributed by atoms with van der Waals surface area (Å²) < 4.78 is 10.8. The number of hydrogen-bond acceptors (Lipinski definition) is 2. The van der Waals surface area contributed by atoms with Crippen molar-refractivity contribution in [3.05, 3.63) is 29.8 Å². The third-order valence-electron chi connectivity index (χ3n) is 3.64. The fourth-order valence-electron chi connectivity index (χ4n) is 2.06. The maximum absolute atomic E-state index is 5.76. The first-order valence-electron chi connectivity index (χ1n) is 7.81. The average molecular weight is 280 g/mol. The van der Waals surface area contributed by atoms with E-state index >= 15 is 0 Å².